The molecule has 4 rings (SSSR count). The minimum Gasteiger partial charge on any atom is -0.378 e. The molecule has 2 N–H and O–H groups in total. The van der Waals surface area contributed by atoms with Gasteiger partial charge >= 0.3 is 0 Å². The standard InChI is InChI=1S/C20H27N5O2/c1-12(2)17(20(26)25-6-8-27-9-7-25)23-13(3)15-10-21-19-18(15)24-16(11-22-19)14-4-5-14/h10-12,14,17,23H,3-9H2,1-2H3,(H,21,22)/t17-/m1/s1. The van der Waals surface area contributed by atoms with Crippen LogP contribution in [0.5, 0.6) is 0 Å². The number of amides is 1. The Bertz CT molecular complexity index is 849. The molecule has 1 amide bonds. The molecule has 1 saturated carbocycles. The van der Waals surface area contributed by atoms with Crippen LogP contribution in [0.3, 0.4) is 0 Å². The minimum atomic E-state index is -0.333. The fourth-order valence-corrected chi connectivity index (χ4v) is 3.47. The van der Waals surface area contributed by atoms with Gasteiger partial charge in [-0.05, 0) is 18.8 Å². The summed E-state index contributed by atoms with van der Waals surface area (Å²) in [6.45, 7) is 10.8. The van der Waals surface area contributed by atoms with Crippen LogP contribution in [0.2, 0.25) is 0 Å². The van der Waals surface area contributed by atoms with E-state index in [2.05, 4.69) is 21.9 Å². The summed E-state index contributed by atoms with van der Waals surface area (Å²) in [5, 5.41) is 3.36. The van der Waals surface area contributed by atoms with Gasteiger partial charge in [-0.15, -0.1) is 0 Å². The summed E-state index contributed by atoms with van der Waals surface area (Å²) in [6.07, 6.45) is 6.09. The Morgan fingerprint density at radius 2 is 2.11 bits per heavy atom. The highest BCUT2D eigenvalue weighted by atomic mass is 16.5. The summed E-state index contributed by atoms with van der Waals surface area (Å²) in [5.74, 6) is 0.770. The van der Waals surface area contributed by atoms with Gasteiger partial charge in [0.1, 0.15) is 11.6 Å². The predicted octanol–water partition coefficient (Wildman–Crippen LogP) is 2.28. The molecule has 2 aliphatic rings. The first-order chi connectivity index (χ1) is 13.0. The Morgan fingerprint density at radius 3 is 2.78 bits per heavy atom. The topological polar surface area (TPSA) is 83.1 Å². The van der Waals surface area contributed by atoms with E-state index in [9.17, 15) is 4.79 Å². The van der Waals surface area contributed by atoms with E-state index in [1.54, 1.807) is 0 Å². The van der Waals surface area contributed by atoms with E-state index in [4.69, 9.17) is 9.72 Å². The van der Waals surface area contributed by atoms with E-state index in [-0.39, 0.29) is 17.9 Å². The zero-order chi connectivity index (χ0) is 19.0. The Kier molecular flexibility index (Phi) is 4.86. The molecule has 2 fully saturated rings. The third-order valence-corrected chi connectivity index (χ3v) is 5.31. The van der Waals surface area contributed by atoms with Crippen LogP contribution < -0.4 is 5.32 Å². The van der Waals surface area contributed by atoms with E-state index in [1.807, 2.05) is 31.1 Å². The van der Waals surface area contributed by atoms with Gasteiger partial charge in [-0.3, -0.25) is 4.79 Å². The average Bonchev–Trinajstić information content (AvgIpc) is 3.45. The molecule has 3 heterocycles. The fraction of sp³-hybridized carbons (Fsp3) is 0.550. The molecule has 0 radical (unpaired) electrons. The monoisotopic (exact) mass is 369 g/mol. The van der Waals surface area contributed by atoms with Crippen LogP contribution in [0.4, 0.5) is 0 Å². The van der Waals surface area contributed by atoms with Crippen molar-refractivity contribution in [3.8, 4) is 0 Å². The van der Waals surface area contributed by atoms with Gasteiger partial charge < -0.3 is 19.9 Å². The van der Waals surface area contributed by atoms with Crippen molar-refractivity contribution in [2.45, 2.75) is 38.6 Å². The lowest BCUT2D eigenvalue weighted by Gasteiger charge is -2.33. The Labute approximate surface area is 159 Å². The SMILES string of the molecule is C=C(N[C@@H](C(=O)N1CCOCC1)C(C)C)c1c[nH]c2ncc(C3CC3)nc12. The number of fused-ring (bicyclic) bond motifs is 1. The molecule has 1 aliphatic carbocycles. The highest BCUT2D eigenvalue weighted by Gasteiger charge is 2.30. The molecule has 7 nitrogen and oxygen atoms in total. The molecule has 27 heavy (non-hydrogen) atoms. The number of rotatable bonds is 6. The summed E-state index contributed by atoms with van der Waals surface area (Å²) in [7, 11) is 0. The number of aromatic nitrogens is 3. The summed E-state index contributed by atoms with van der Waals surface area (Å²) < 4.78 is 5.36. The molecule has 1 saturated heterocycles. The van der Waals surface area contributed by atoms with Crippen LogP contribution in [-0.2, 0) is 9.53 Å². The van der Waals surface area contributed by atoms with Crippen LogP contribution in [-0.4, -0.2) is 58.1 Å². The number of H-pyrrole nitrogens is 1. The normalized spacial score (nSPS) is 18.7. The van der Waals surface area contributed by atoms with Crippen molar-refractivity contribution in [3.63, 3.8) is 0 Å². The summed E-state index contributed by atoms with van der Waals surface area (Å²) in [5.41, 5.74) is 4.18. The molecule has 2 aromatic heterocycles. The van der Waals surface area contributed by atoms with Gasteiger partial charge in [-0.25, -0.2) is 9.97 Å². The molecule has 1 atom stereocenters. The van der Waals surface area contributed by atoms with Crippen molar-refractivity contribution in [1.82, 2.24) is 25.2 Å². The van der Waals surface area contributed by atoms with Gasteiger partial charge in [0, 0.05) is 36.5 Å². The summed E-state index contributed by atoms with van der Waals surface area (Å²) in [6, 6.07) is -0.333. The number of hydrogen-bond donors (Lipinski definition) is 2. The van der Waals surface area contributed by atoms with Gasteiger partial charge in [0.05, 0.1) is 25.1 Å². The zero-order valence-corrected chi connectivity index (χ0v) is 16.0. The number of morpholine rings is 1. The maximum absolute atomic E-state index is 13.0. The van der Waals surface area contributed by atoms with Crippen molar-refractivity contribution >= 4 is 22.8 Å². The molecule has 144 valence electrons. The van der Waals surface area contributed by atoms with Crippen molar-refractivity contribution in [1.29, 1.82) is 0 Å². The van der Waals surface area contributed by atoms with Crippen LogP contribution in [0.25, 0.3) is 16.9 Å². The van der Waals surface area contributed by atoms with E-state index in [0.29, 0.717) is 37.9 Å². The van der Waals surface area contributed by atoms with Gasteiger partial charge in [-0.1, -0.05) is 20.4 Å². The quantitative estimate of drug-likeness (QED) is 0.816. The second kappa shape index (κ2) is 7.31. The van der Waals surface area contributed by atoms with E-state index >= 15 is 0 Å². The molecule has 0 aromatic carbocycles. The second-order valence-corrected chi connectivity index (χ2v) is 7.75. The van der Waals surface area contributed by atoms with E-state index < -0.39 is 0 Å². The van der Waals surface area contributed by atoms with Crippen molar-refractivity contribution in [2.75, 3.05) is 26.3 Å². The molecular weight excluding hydrogens is 342 g/mol. The average molecular weight is 369 g/mol. The summed E-state index contributed by atoms with van der Waals surface area (Å²) in [4.78, 5) is 27.3. The first kappa shape index (κ1) is 18.0. The smallest absolute Gasteiger partial charge is 0.245 e. The minimum absolute atomic E-state index is 0.0963. The number of carbonyl (C=O) groups excluding carboxylic acids is 1. The van der Waals surface area contributed by atoms with Crippen molar-refractivity contribution in [2.24, 2.45) is 5.92 Å². The number of carbonyl (C=O) groups is 1. The highest BCUT2D eigenvalue weighted by Crippen LogP contribution is 2.39. The Morgan fingerprint density at radius 1 is 1.37 bits per heavy atom. The largest absolute Gasteiger partial charge is 0.378 e. The highest BCUT2D eigenvalue weighted by molar-refractivity contribution is 5.89. The Balaban J connectivity index is 1.54. The summed E-state index contributed by atoms with van der Waals surface area (Å²) >= 11 is 0. The molecule has 2 aromatic rings. The van der Waals surface area contributed by atoms with Crippen LogP contribution >= 0.6 is 0 Å². The zero-order valence-electron chi connectivity index (χ0n) is 16.0. The van der Waals surface area contributed by atoms with Crippen molar-refractivity contribution < 1.29 is 9.53 Å². The second-order valence-electron chi connectivity index (χ2n) is 7.75. The van der Waals surface area contributed by atoms with Crippen LogP contribution in [0.1, 0.15) is 43.9 Å². The lowest BCUT2D eigenvalue weighted by molar-refractivity contribution is -0.138. The predicted molar refractivity (Wildman–Crippen MR) is 104 cm³/mol. The lowest BCUT2D eigenvalue weighted by atomic mass is 10.0. The molecule has 1 aliphatic heterocycles. The van der Waals surface area contributed by atoms with Gasteiger partial charge in [-0.2, -0.15) is 0 Å². The third-order valence-electron chi connectivity index (χ3n) is 5.31. The first-order valence-corrected chi connectivity index (χ1v) is 9.71. The van der Waals surface area contributed by atoms with Gasteiger partial charge in [0.2, 0.25) is 5.91 Å². The molecule has 0 bridgehead atoms. The van der Waals surface area contributed by atoms with Crippen LogP contribution in [0, 0.1) is 5.92 Å². The van der Waals surface area contributed by atoms with E-state index in [0.717, 1.165) is 22.4 Å². The Hall–Kier alpha value is -2.41. The number of nitrogens with zero attached hydrogens (tertiary/aromatic N) is 3. The van der Waals surface area contributed by atoms with Crippen LogP contribution in [0.15, 0.2) is 19.0 Å². The molecule has 0 spiro atoms. The van der Waals surface area contributed by atoms with Gasteiger partial charge in [0.15, 0.2) is 5.65 Å². The van der Waals surface area contributed by atoms with E-state index in [1.165, 1.54) is 12.8 Å². The van der Waals surface area contributed by atoms with Gasteiger partial charge in [0.25, 0.3) is 0 Å². The maximum atomic E-state index is 13.0. The number of hydrogen-bond acceptors (Lipinski definition) is 5. The van der Waals surface area contributed by atoms with Crippen molar-refractivity contribution in [3.05, 3.63) is 30.2 Å². The molecule has 0 unspecified atom stereocenters. The number of nitrogens with one attached hydrogen (secondary N) is 2. The molecular formula is C20H27N5O2. The third kappa shape index (κ3) is 3.69. The fourth-order valence-electron chi connectivity index (χ4n) is 3.47. The lowest BCUT2D eigenvalue weighted by Crippen LogP contribution is -2.51. The number of ether oxygens (including phenoxy) is 1. The molecule has 7 heteroatoms. The number of aromatic amines is 1. The first-order valence-electron chi connectivity index (χ1n) is 9.71. The maximum Gasteiger partial charge on any atom is 0.245 e.